The third kappa shape index (κ3) is 3.07. The molecule has 3 N–H and O–H groups in total. The lowest BCUT2D eigenvalue weighted by atomic mass is 9.93. The van der Waals surface area contributed by atoms with Gasteiger partial charge < -0.3 is 15.4 Å². The fourth-order valence-electron chi connectivity index (χ4n) is 4.07. The van der Waals surface area contributed by atoms with E-state index in [9.17, 15) is 14.4 Å². The summed E-state index contributed by atoms with van der Waals surface area (Å²) < 4.78 is 6.07. The number of carbonyl (C=O) groups excluding carboxylic acids is 3. The molecule has 2 fully saturated rings. The molecule has 2 aliphatic heterocycles. The largest absolute Gasteiger partial charge is 0.489 e. The zero-order valence-electron chi connectivity index (χ0n) is 14.6. The van der Waals surface area contributed by atoms with Crippen LogP contribution in [0.5, 0.6) is 5.75 Å². The average molecular weight is 357 g/mol. The third-order valence-corrected chi connectivity index (χ3v) is 5.54. The Balaban J connectivity index is 1.49. The van der Waals surface area contributed by atoms with E-state index in [1.807, 2.05) is 6.07 Å². The van der Waals surface area contributed by atoms with Crippen molar-refractivity contribution in [2.45, 2.75) is 63.3 Å². The minimum Gasteiger partial charge on any atom is -0.489 e. The van der Waals surface area contributed by atoms with Gasteiger partial charge in [-0.05, 0) is 49.4 Å². The van der Waals surface area contributed by atoms with Crippen LogP contribution in [0.2, 0.25) is 0 Å². The molecule has 7 heteroatoms. The van der Waals surface area contributed by atoms with Crippen LogP contribution in [0.25, 0.3) is 0 Å². The number of benzene rings is 1. The quantitative estimate of drug-likeness (QED) is 0.789. The molecule has 2 heterocycles. The highest BCUT2D eigenvalue weighted by molar-refractivity contribution is 6.05. The first-order chi connectivity index (χ1) is 12.5. The fourth-order valence-corrected chi connectivity index (χ4v) is 4.07. The molecule has 3 aliphatic rings. The summed E-state index contributed by atoms with van der Waals surface area (Å²) in [7, 11) is 0. The molecule has 1 saturated heterocycles. The van der Waals surface area contributed by atoms with Crippen molar-refractivity contribution in [2.75, 3.05) is 0 Å². The number of imide groups is 1. The Morgan fingerprint density at radius 3 is 2.69 bits per heavy atom. The minimum absolute atomic E-state index is 0.00476. The van der Waals surface area contributed by atoms with Crippen molar-refractivity contribution in [1.29, 1.82) is 0 Å². The highest BCUT2D eigenvalue weighted by Gasteiger charge is 2.39. The molecule has 1 saturated carbocycles. The van der Waals surface area contributed by atoms with E-state index in [-0.39, 0.29) is 30.4 Å². The highest BCUT2D eigenvalue weighted by Crippen LogP contribution is 2.31. The Bertz CT molecular complexity index is 763. The van der Waals surface area contributed by atoms with E-state index in [2.05, 4.69) is 5.32 Å². The van der Waals surface area contributed by atoms with E-state index < -0.39 is 11.9 Å². The van der Waals surface area contributed by atoms with Gasteiger partial charge in [-0.25, -0.2) is 0 Å². The maximum absolute atomic E-state index is 12.7. The maximum atomic E-state index is 12.7. The predicted molar refractivity (Wildman–Crippen MR) is 93.3 cm³/mol. The lowest BCUT2D eigenvalue weighted by Crippen LogP contribution is -2.52. The summed E-state index contributed by atoms with van der Waals surface area (Å²) in [6.07, 6.45) is 4.79. The molecule has 4 rings (SSSR count). The SMILES string of the molecule is NC1CCCCC1Oc1ccc2c(c1)CN(C1CCC(=O)NC1=O)C2=O. The molecule has 3 unspecified atom stereocenters. The van der Waals surface area contributed by atoms with Gasteiger partial charge in [-0.3, -0.25) is 19.7 Å². The van der Waals surface area contributed by atoms with Crippen LogP contribution >= 0.6 is 0 Å². The normalized spacial score (nSPS) is 28.7. The van der Waals surface area contributed by atoms with Crippen molar-refractivity contribution < 1.29 is 19.1 Å². The van der Waals surface area contributed by atoms with Crippen molar-refractivity contribution in [3.63, 3.8) is 0 Å². The molecule has 3 atom stereocenters. The molecule has 138 valence electrons. The number of fused-ring (bicyclic) bond motifs is 1. The van der Waals surface area contributed by atoms with Gasteiger partial charge in [0.25, 0.3) is 5.91 Å². The Labute approximate surface area is 151 Å². The molecule has 26 heavy (non-hydrogen) atoms. The van der Waals surface area contributed by atoms with E-state index in [0.29, 0.717) is 24.3 Å². The van der Waals surface area contributed by atoms with E-state index in [1.54, 1.807) is 17.0 Å². The van der Waals surface area contributed by atoms with Crippen molar-refractivity contribution in [3.05, 3.63) is 29.3 Å². The molecule has 3 amide bonds. The maximum Gasteiger partial charge on any atom is 0.255 e. The Morgan fingerprint density at radius 1 is 1.12 bits per heavy atom. The Morgan fingerprint density at radius 2 is 1.92 bits per heavy atom. The molecule has 1 aromatic rings. The molecule has 1 aromatic carbocycles. The average Bonchev–Trinajstić information content (AvgIpc) is 2.93. The lowest BCUT2D eigenvalue weighted by Gasteiger charge is -2.29. The summed E-state index contributed by atoms with van der Waals surface area (Å²) in [6.45, 7) is 0.356. The van der Waals surface area contributed by atoms with Crippen LogP contribution in [0.1, 0.15) is 54.4 Å². The summed E-state index contributed by atoms with van der Waals surface area (Å²) in [5.41, 5.74) is 7.59. The van der Waals surface area contributed by atoms with Crippen LogP contribution in [-0.2, 0) is 16.1 Å². The summed E-state index contributed by atoms with van der Waals surface area (Å²) in [6, 6.07) is 4.88. The number of amides is 3. The van der Waals surface area contributed by atoms with Crippen LogP contribution in [-0.4, -0.2) is 40.8 Å². The van der Waals surface area contributed by atoms with Gasteiger partial charge in [0, 0.05) is 24.6 Å². The molecule has 0 radical (unpaired) electrons. The van der Waals surface area contributed by atoms with Gasteiger partial charge in [0.05, 0.1) is 0 Å². The van der Waals surface area contributed by atoms with Gasteiger partial charge in [-0.2, -0.15) is 0 Å². The highest BCUT2D eigenvalue weighted by atomic mass is 16.5. The first-order valence-corrected chi connectivity index (χ1v) is 9.23. The number of hydrogen-bond acceptors (Lipinski definition) is 5. The monoisotopic (exact) mass is 357 g/mol. The second kappa shape index (κ2) is 6.72. The number of nitrogens with zero attached hydrogens (tertiary/aromatic N) is 1. The third-order valence-electron chi connectivity index (χ3n) is 5.54. The smallest absolute Gasteiger partial charge is 0.255 e. The topological polar surface area (TPSA) is 102 Å². The van der Waals surface area contributed by atoms with Crippen molar-refractivity contribution in [1.82, 2.24) is 10.2 Å². The zero-order chi connectivity index (χ0) is 18.3. The molecule has 0 aromatic heterocycles. The van der Waals surface area contributed by atoms with Gasteiger partial charge in [0.1, 0.15) is 17.9 Å². The summed E-state index contributed by atoms with van der Waals surface area (Å²) >= 11 is 0. The van der Waals surface area contributed by atoms with E-state index in [0.717, 1.165) is 31.2 Å². The molecular formula is C19H23N3O4. The van der Waals surface area contributed by atoms with Gasteiger partial charge >= 0.3 is 0 Å². The number of rotatable bonds is 3. The molecular weight excluding hydrogens is 334 g/mol. The number of ether oxygens (including phenoxy) is 1. The van der Waals surface area contributed by atoms with Crippen LogP contribution in [0.3, 0.4) is 0 Å². The van der Waals surface area contributed by atoms with Crippen molar-refractivity contribution in [2.24, 2.45) is 5.73 Å². The second-order valence-corrected chi connectivity index (χ2v) is 7.32. The molecule has 7 nitrogen and oxygen atoms in total. The number of carbonyl (C=O) groups is 3. The lowest BCUT2D eigenvalue weighted by molar-refractivity contribution is -0.136. The van der Waals surface area contributed by atoms with Gasteiger partial charge in [0.2, 0.25) is 11.8 Å². The Kier molecular flexibility index (Phi) is 4.40. The number of nitrogens with one attached hydrogen (secondary N) is 1. The number of piperidine rings is 1. The van der Waals surface area contributed by atoms with Gasteiger partial charge in [-0.1, -0.05) is 6.42 Å². The van der Waals surface area contributed by atoms with E-state index in [4.69, 9.17) is 10.5 Å². The molecule has 1 aliphatic carbocycles. The first-order valence-electron chi connectivity index (χ1n) is 9.23. The van der Waals surface area contributed by atoms with Crippen molar-refractivity contribution in [3.8, 4) is 5.75 Å². The number of nitrogens with two attached hydrogens (primary N) is 1. The van der Waals surface area contributed by atoms with Crippen LogP contribution < -0.4 is 15.8 Å². The second-order valence-electron chi connectivity index (χ2n) is 7.32. The standard InChI is InChI=1S/C19H23N3O4/c20-14-3-1-2-4-16(14)26-12-5-6-13-11(9-12)10-22(19(13)25)15-7-8-17(23)21-18(15)24/h5-6,9,14-16H,1-4,7-8,10,20H2,(H,21,23,24). The Hall–Kier alpha value is -2.41. The first kappa shape index (κ1) is 17.0. The van der Waals surface area contributed by atoms with E-state index in [1.165, 1.54) is 0 Å². The van der Waals surface area contributed by atoms with Crippen LogP contribution in [0.15, 0.2) is 18.2 Å². The zero-order valence-corrected chi connectivity index (χ0v) is 14.6. The number of hydrogen-bond donors (Lipinski definition) is 2. The minimum atomic E-state index is -0.594. The van der Waals surface area contributed by atoms with Gasteiger partial charge in [-0.15, -0.1) is 0 Å². The summed E-state index contributed by atoms with van der Waals surface area (Å²) in [4.78, 5) is 37.6. The molecule has 0 bridgehead atoms. The van der Waals surface area contributed by atoms with Crippen LogP contribution in [0, 0.1) is 0 Å². The fraction of sp³-hybridized carbons (Fsp3) is 0.526. The van der Waals surface area contributed by atoms with Crippen molar-refractivity contribution >= 4 is 17.7 Å². The predicted octanol–water partition coefficient (Wildman–Crippen LogP) is 1.10. The van der Waals surface area contributed by atoms with Crippen LogP contribution in [0.4, 0.5) is 0 Å². The molecule has 0 spiro atoms. The van der Waals surface area contributed by atoms with Gasteiger partial charge in [0.15, 0.2) is 0 Å². The summed E-state index contributed by atoms with van der Waals surface area (Å²) in [5.74, 6) is -0.138. The summed E-state index contributed by atoms with van der Waals surface area (Å²) in [5, 5.41) is 2.31. The van der Waals surface area contributed by atoms with E-state index >= 15 is 0 Å².